The molecule has 9 heteroatoms. The Labute approximate surface area is 145 Å². The Bertz CT molecular complexity index is 1000. The third-order valence-electron chi connectivity index (χ3n) is 3.66. The van der Waals surface area contributed by atoms with Crippen molar-refractivity contribution in [1.82, 2.24) is 14.9 Å². The largest absolute Gasteiger partial charge is 0.269 e. The summed E-state index contributed by atoms with van der Waals surface area (Å²) < 4.78 is 15.1. The number of thioether (sulfide) groups is 1. The zero-order chi connectivity index (χ0) is 17.4. The van der Waals surface area contributed by atoms with E-state index >= 15 is 0 Å². The third kappa shape index (κ3) is 2.89. The van der Waals surface area contributed by atoms with Gasteiger partial charge in [-0.15, -0.1) is 10.2 Å². The first-order chi connectivity index (χ1) is 12.1. The fourth-order valence-electron chi connectivity index (χ4n) is 2.45. The Kier molecular flexibility index (Phi) is 3.77. The van der Waals surface area contributed by atoms with Crippen LogP contribution < -0.4 is 0 Å². The first-order valence-corrected chi connectivity index (χ1v) is 8.27. The van der Waals surface area contributed by atoms with E-state index in [1.165, 1.54) is 36.0 Å². The van der Waals surface area contributed by atoms with Gasteiger partial charge in [0.1, 0.15) is 5.82 Å². The van der Waals surface area contributed by atoms with E-state index < -0.39 is 4.92 Å². The molecule has 4 rings (SSSR count). The van der Waals surface area contributed by atoms with Crippen LogP contribution >= 0.6 is 11.8 Å². The number of aromatic nitrogens is 3. The van der Waals surface area contributed by atoms with Gasteiger partial charge in [-0.25, -0.2) is 4.39 Å². The number of hydrogen-bond donors (Lipinski definition) is 0. The Balaban J connectivity index is 1.74. The zero-order valence-corrected chi connectivity index (χ0v) is 13.5. The van der Waals surface area contributed by atoms with Crippen molar-refractivity contribution in [2.24, 2.45) is 5.10 Å². The Morgan fingerprint density at radius 2 is 1.92 bits per heavy atom. The summed E-state index contributed by atoms with van der Waals surface area (Å²) in [4.78, 5) is 10.3. The van der Waals surface area contributed by atoms with Crippen LogP contribution in [0.15, 0.2) is 58.8 Å². The molecule has 0 saturated carbocycles. The molecule has 1 aliphatic rings. The van der Waals surface area contributed by atoms with Crippen molar-refractivity contribution in [2.75, 3.05) is 5.75 Å². The van der Waals surface area contributed by atoms with Crippen molar-refractivity contribution in [1.29, 1.82) is 0 Å². The first kappa shape index (κ1) is 15.5. The highest BCUT2D eigenvalue weighted by Gasteiger charge is 2.21. The van der Waals surface area contributed by atoms with Crippen LogP contribution in [0.5, 0.6) is 0 Å². The zero-order valence-electron chi connectivity index (χ0n) is 12.7. The average Bonchev–Trinajstić information content (AvgIpc) is 3.05. The molecule has 2 aromatic carbocycles. The molecule has 1 aromatic heterocycles. The van der Waals surface area contributed by atoms with Crippen LogP contribution in [0.3, 0.4) is 0 Å². The maximum atomic E-state index is 13.5. The van der Waals surface area contributed by atoms with E-state index in [-0.39, 0.29) is 11.5 Å². The second-order valence-electron chi connectivity index (χ2n) is 5.27. The van der Waals surface area contributed by atoms with Crippen molar-refractivity contribution in [2.45, 2.75) is 5.16 Å². The van der Waals surface area contributed by atoms with E-state index in [2.05, 4.69) is 15.3 Å². The summed E-state index contributed by atoms with van der Waals surface area (Å²) in [5.41, 5.74) is 2.12. The lowest BCUT2D eigenvalue weighted by atomic mass is 10.1. The van der Waals surface area contributed by atoms with Gasteiger partial charge in [0.05, 0.1) is 10.6 Å². The summed E-state index contributed by atoms with van der Waals surface area (Å²) >= 11 is 1.45. The third-order valence-corrected chi connectivity index (χ3v) is 4.60. The van der Waals surface area contributed by atoms with E-state index in [0.717, 1.165) is 11.3 Å². The minimum absolute atomic E-state index is 0.0262. The van der Waals surface area contributed by atoms with Crippen molar-refractivity contribution < 1.29 is 9.31 Å². The summed E-state index contributed by atoms with van der Waals surface area (Å²) in [5.74, 6) is 0.651. The molecule has 0 spiro atoms. The number of hydrogen-bond acceptors (Lipinski definition) is 6. The molecule has 2 heterocycles. The van der Waals surface area contributed by atoms with Crippen molar-refractivity contribution in [3.8, 4) is 11.4 Å². The average molecular weight is 355 g/mol. The molecule has 0 fully saturated rings. The highest BCUT2D eigenvalue weighted by Crippen LogP contribution is 2.29. The first-order valence-electron chi connectivity index (χ1n) is 7.28. The maximum absolute atomic E-state index is 13.5. The molecule has 0 bridgehead atoms. The van der Waals surface area contributed by atoms with Crippen molar-refractivity contribution in [3.63, 3.8) is 0 Å². The van der Waals surface area contributed by atoms with Gasteiger partial charge in [0.25, 0.3) is 5.69 Å². The molecule has 0 saturated heterocycles. The smallest absolute Gasteiger partial charge is 0.258 e. The van der Waals surface area contributed by atoms with E-state index in [9.17, 15) is 14.5 Å². The molecule has 0 aliphatic carbocycles. The van der Waals surface area contributed by atoms with Crippen LogP contribution in [0.4, 0.5) is 10.1 Å². The maximum Gasteiger partial charge on any atom is 0.269 e. The molecule has 1 aliphatic heterocycles. The molecule has 0 atom stereocenters. The van der Waals surface area contributed by atoms with E-state index in [4.69, 9.17) is 0 Å². The standard InChI is InChI=1S/C16H10FN5O2S/c17-12-3-1-2-11(8-12)15-18-19-16-21(15)20-14(9-25-16)10-4-6-13(7-5-10)22(23)24/h1-8H,9H2. The number of benzene rings is 2. The summed E-state index contributed by atoms with van der Waals surface area (Å²) in [6, 6.07) is 12.3. The van der Waals surface area contributed by atoms with Crippen LogP contribution in [-0.2, 0) is 0 Å². The number of nitrogens with zero attached hydrogens (tertiary/aromatic N) is 5. The molecule has 0 unspecified atom stereocenters. The number of nitro benzene ring substituents is 1. The van der Waals surface area contributed by atoms with Crippen LogP contribution in [0, 0.1) is 15.9 Å². The predicted octanol–water partition coefficient (Wildman–Crippen LogP) is 3.35. The normalized spacial score (nSPS) is 13.2. The number of non-ortho nitro benzene ring substituents is 1. The van der Waals surface area contributed by atoms with Gasteiger partial charge in [0, 0.05) is 23.4 Å². The highest BCUT2D eigenvalue weighted by molar-refractivity contribution is 7.99. The second-order valence-corrected chi connectivity index (χ2v) is 6.21. The van der Waals surface area contributed by atoms with Gasteiger partial charge < -0.3 is 0 Å². The number of nitro groups is 1. The van der Waals surface area contributed by atoms with E-state index in [1.807, 2.05) is 0 Å². The van der Waals surface area contributed by atoms with Gasteiger partial charge >= 0.3 is 0 Å². The monoisotopic (exact) mass is 355 g/mol. The minimum Gasteiger partial charge on any atom is -0.258 e. The Morgan fingerprint density at radius 3 is 2.64 bits per heavy atom. The summed E-state index contributed by atoms with van der Waals surface area (Å²) in [7, 11) is 0. The van der Waals surface area contributed by atoms with Gasteiger partial charge in [-0.1, -0.05) is 23.9 Å². The Hall–Kier alpha value is -3.07. The summed E-state index contributed by atoms with van der Waals surface area (Å²) in [5, 5.41) is 24.1. The lowest BCUT2D eigenvalue weighted by Gasteiger charge is -2.13. The fraction of sp³-hybridized carbons (Fsp3) is 0.0625. The number of rotatable bonds is 3. The van der Waals surface area contributed by atoms with Gasteiger partial charge in [-0.05, 0) is 29.8 Å². The van der Waals surface area contributed by atoms with Crippen molar-refractivity contribution in [3.05, 3.63) is 70.0 Å². The predicted molar refractivity (Wildman–Crippen MR) is 91.2 cm³/mol. The molecular formula is C16H10FN5O2S. The molecule has 0 N–H and O–H groups in total. The van der Waals surface area contributed by atoms with Crippen LogP contribution in [0.1, 0.15) is 5.56 Å². The van der Waals surface area contributed by atoms with Crippen LogP contribution in [0.2, 0.25) is 0 Å². The second kappa shape index (κ2) is 6.10. The quantitative estimate of drug-likeness (QED) is 0.531. The molecule has 7 nitrogen and oxygen atoms in total. The van der Waals surface area contributed by atoms with Gasteiger partial charge in [-0.2, -0.15) is 9.78 Å². The minimum atomic E-state index is -0.443. The van der Waals surface area contributed by atoms with Gasteiger partial charge in [0.2, 0.25) is 5.16 Å². The molecule has 124 valence electrons. The van der Waals surface area contributed by atoms with Crippen LogP contribution in [0.25, 0.3) is 11.4 Å². The van der Waals surface area contributed by atoms with Crippen LogP contribution in [-0.4, -0.2) is 31.3 Å². The molecule has 3 aromatic rings. The summed E-state index contributed by atoms with van der Waals surface area (Å²) in [6.45, 7) is 0. The van der Waals surface area contributed by atoms with E-state index in [0.29, 0.717) is 22.3 Å². The summed E-state index contributed by atoms with van der Waals surface area (Å²) in [6.07, 6.45) is 0. The highest BCUT2D eigenvalue weighted by atomic mass is 32.2. The molecular weight excluding hydrogens is 345 g/mol. The lowest BCUT2D eigenvalue weighted by Crippen LogP contribution is -2.13. The van der Waals surface area contributed by atoms with Gasteiger partial charge in [-0.3, -0.25) is 10.1 Å². The topological polar surface area (TPSA) is 86.2 Å². The molecule has 0 amide bonds. The number of fused-ring (bicyclic) bond motifs is 1. The van der Waals surface area contributed by atoms with E-state index in [1.54, 1.807) is 28.9 Å². The molecule has 25 heavy (non-hydrogen) atoms. The van der Waals surface area contributed by atoms with Gasteiger partial charge in [0.15, 0.2) is 5.82 Å². The fourth-order valence-corrected chi connectivity index (χ4v) is 3.29. The lowest BCUT2D eigenvalue weighted by molar-refractivity contribution is -0.384. The Morgan fingerprint density at radius 1 is 1.12 bits per heavy atom. The SMILES string of the molecule is O=[N+]([O-])c1ccc(C2=Nn3c(nnc3-c3cccc(F)c3)SC2)cc1. The van der Waals surface area contributed by atoms with Crippen molar-refractivity contribution >= 4 is 23.2 Å². The number of halogens is 1. The molecule has 0 radical (unpaired) electrons.